The highest BCUT2D eigenvalue weighted by atomic mass is 32.2. The smallest absolute Gasteiger partial charge is 0.243 e. The fourth-order valence-corrected chi connectivity index (χ4v) is 5.50. The van der Waals surface area contributed by atoms with Crippen LogP contribution in [0.2, 0.25) is 0 Å². The lowest BCUT2D eigenvalue weighted by Crippen LogP contribution is -2.41. The lowest BCUT2D eigenvalue weighted by atomic mass is 9.96. The summed E-state index contributed by atoms with van der Waals surface area (Å²) < 4.78 is 27.5. The molecule has 1 N–H and O–H groups in total. The van der Waals surface area contributed by atoms with Crippen LogP contribution in [0, 0.1) is 33.6 Å². The molecule has 0 bridgehead atoms. The molecule has 3 rings (SSSR count). The molecule has 6 heteroatoms. The van der Waals surface area contributed by atoms with E-state index in [-0.39, 0.29) is 11.8 Å². The number of sulfonamides is 1. The van der Waals surface area contributed by atoms with Crippen molar-refractivity contribution in [3.63, 3.8) is 0 Å². The molecular weight excluding hydrogens is 372 g/mol. The van der Waals surface area contributed by atoms with Gasteiger partial charge in [-0.3, -0.25) is 4.79 Å². The molecule has 0 unspecified atom stereocenters. The molecule has 0 atom stereocenters. The second-order valence-electron chi connectivity index (χ2n) is 7.70. The standard InChI is InChI=1S/C22H28N2O3S/c1-15-8-9-20(18(4)14-15)28(26,27)24-12-10-19(11-13-24)22(25)23-21-16(2)6-5-7-17(21)3/h5-9,14,19H,10-13H2,1-4H3,(H,23,25). The van der Waals surface area contributed by atoms with Gasteiger partial charge in [0, 0.05) is 24.7 Å². The molecule has 0 aliphatic carbocycles. The molecular formula is C22H28N2O3S. The van der Waals surface area contributed by atoms with Crippen LogP contribution >= 0.6 is 0 Å². The molecule has 0 radical (unpaired) electrons. The third kappa shape index (κ3) is 4.13. The zero-order valence-electron chi connectivity index (χ0n) is 17.0. The molecule has 1 fully saturated rings. The molecule has 2 aromatic rings. The Morgan fingerprint density at radius 1 is 0.964 bits per heavy atom. The number of aryl methyl sites for hydroxylation is 4. The first kappa shape index (κ1) is 20.6. The van der Waals surface area contributed by atoms with E-state index in [9.17, 15) is 13.2 Å². The molecule has 5 nitrogen and oxygen atoms in total. The quantitative estimate of drug-likeness (QED) is 0.845. The van der Waals surface area contributed by atoms with Crippen LogP contribution in [0.5, 0.6) is 0 Å². The summed E-state index contributed by atoms with van der Waals surface area (Å²) in [6.07, 6.45) is 1.06. The van der Waals surface area contributed by atoms with Crippen LogP contribution in [0.15, 0.2) is 41.3 Å². The Morgan fingerprint density at radius 2 is 1.57 bits per heavy atom. The van der Waals surface area contributed by atoms with Crippen LogP contribution in [0.1, 0.15) is 35.1 Å². The molecule has 1 amide bonds. The fourth-order valence-electron chi connectivity index (χ4n) is 3.82. The summed E-state index contributed by atoms with van der Waals surface area (Å²) in [5.74, 6) is -0.203. The van der Waals surface area contributed by atoms with Crippen LogP contribution in [-0.4, -0.2) is 31.7 Å². The normalized spacial score (nSPS) is 16.1. The predicted molar refractivity (Wildman–Crippen MR) is 112 cm³/mol. The maximum absolute atomic E-state index is 13.0. The number of hydrogen-bond acceptors (Lipinski definition) is 3. The number of rotatable bonds is 4. The van der Waals surface area contributed by atoms with Gasteiger partial charge in [-0.25, -0.2) is 8.42 Å². The van der Waals surface area contributed by atoms with Gasteiger partial charge in [-0.2, -0.15) is 4.31 Å². The molecule has 28 heavy (non-hydrogen) atoms. The Morgan fingerprint density at radius 3 is 2.14 bits per heavy atom. The maximum atomic E-state index is 13.0. The van der Waals surface area contributed by atoms with Gasteiger partial charge in [0.15, 0.2) is 0 Å². The minimum atomic E-state index is -3.53. The predicted octanol–water partition coefficient (Wildman–Crippen LogP) is 3.96. The molecule has 0 saturated carbocycles. The van der Waals surface area contributed by atoms with E-state index >= 15 is 0 Å². The largest absolute Gasteiger partial charge is 0.325 e. The monoisotopic (exact) mass is 400 g/mol. The first-order valence-corrected chi connectivity index (χ1v) is 11.1. The van der Waals surface area contributed by atoms with Gasteiger partial charge in [0.2, 0.25) is 15.9 Å². The van der Waals surface area contributed by atoms with Crippen LogP contribution in [-0.2, 0) is 14.8 Å². The van der Waals surface area contributed by atoms with Gasteiger partial charge >= 0.3 is 0 Å². The summed E-state index contributed by atoms with van der Waals surface area (Å²) in [5, 5.41) is 3.04. The fraction of sp³-hybridized carbons (Fsp3) is 0.409. The third-order valence-corrected chi connectivity index (χ3v) is 7.56. The number of piperidine rings is 1. The van der Waals surface area contributed by atoms with Crippen molar-refractivity contribution >= 4 is 21.6 Å². The molecule has 1 aliphatic heterocycles. The number of anilines is 1. The van der Waals surface area contributed by atoms with E-state index in [0.717, 1.165) is 27.9 Å². The van der Waals surface area contributed by atoms with Crippen molar-refractivity contribution in [1.29, 1.82) is 0 Å². The van der Waals surface area contributed by atoms with E-state index < -0.39 is 10.0 Å². The molecule has 1 heterocycles. The van der Waals surface area contributed by atoms with Gasteiger partial charge in [0.05, 0.1) is 4.90 Å². The van der Waals surface area contributed by atoms with Crippen LogP contribution in [0.25, 0.3) is 0 Å². The summed E-state index contributed by atoms with van der Waals surface area (Å²) in [4.78, 5) is 13.1. The van der Waals surface area contributed by atoms with Crippen molar-refractivity contribution in [2.24, 2.45) is 5.92 Å². The summed E-state index contributed by atoms with van der Waals surface area (Å²) in [5.41, 5.74) is 4.72. The van der Waals surface area contributed by atoms with Gasteiger partial charge < -0.3 is 5.32 Å². The van der Waals surface area contributed by atoms with Crippen molar-refractivity contribution < 1.29 is 13.2 Å². The highest BCUT2D eigenvalue weighted by Crippen LogP contribution is 2.28. The van der Waals surface area contributed by atoms with Gasteiger partial charge in [-0.15, -0.1) is 0 Å². The summed E-state index contributed by atoms with van der Waals surface area (Å²) in [6, 6.07) is 11.3. The lowest BCUT2D eigenvalue weighted by Gasteiger charge is -2.31. The Bertz CT molecular complexity index is 971. The van der Waals surface area contributed by atoms with E-state index in [1.807, 2.05) is 58.0 Å². The van der Waals surface area contributed by atoms with Gasteiger partial charge in [-0.05, 0) is 63.3 Å². The zero-order chi connectivity index (χ0) is 20.5. The number of carbonyl (C=O) groups is 1. The number of nitrogens with one attached hydrogen (secondary N) is 1. The molecule has 1 aliphatic rings. The number of hydrogen-bond donors (Lipinski definition) is 1. The van der Waals surface area contributed by atoms with Crippen molar-refractivity contribution in [2.45, 2.75) is 45.4 Å². The number of para-hydroxylation sites is 1. The summed E-state index contributed by atoms with van der Waals surface area (Å²) in [6.45, 7) is 8.44. The van der Waals surface area contributed by atoms with Crippen molar-refractivity contribution in [2.75, 3.05) is 18.4 Å². The number of benzene rings is 2. The first-order valence-electron chi connectivity index (χ1n) is 9.64. The van der Waals surface area contributed by atoms with Crippen molar-refractivity contribution in [3.05, 3.63) is 58.7 Å². The average Bonchev–Trinajstić information content (AvgIpc) is 2.64. The SMILES string of the molecule is Cc1ccc(S(=O)(=O)N2CCC(C(=O)Nc3c(C)cccc3C)CC2)c(C)c1. The van der Waals surface area contributed by atoms with E-state index in [4.69, 9.17) is 0 Å². The van der Waals surface area contributed by atoms with E-state index in [2.05, 4.69) is 5.32 Å². The van der Waals surface area contributed by atoms with Crippen molar-refractivity contribution in [1.82, 2.24) is 4.31 Å². The minimum absolute atomic E-state index is 0.0269. The van der Waals surface area contributed by atoms with E-state index in [1.54, 1.807) is 6.07 Å². The lowest BCUT2D eigenvalue weighted by molar-refractivity contribution is -0.120. The Kier molecular flexibility index (Phi) is 5.91. The van der Waals surface area contributed by atoms with Crippen LogP contribution in [0.3, 0.4) is 0 Å². The molecule has 0 spiro atoms. The summed E-state index contributed by atoms with van der Waals surface area (Å²) in [7, 11) is -3.53. The molecule has 1 saturated heterocycles. The van der Waals surface area contributed by atoms with Crippen molar-refractivity contribution in [3.8, 4) is 0 Å². The second-order valence-corrected chi connectivity index (χ2v) is 9.61. The van der Waals surface area contributed by atoms with Gasteiger partial charge in [0.1, 0.15) is 0 Å². The number of carbonyl (C=O) groups excluding carboxylic acids is 1. The molecule has 2 aromatic carbocycles. The highest BCUT2D eigenvalue weighted by molar-refractivity contribution is 7.89. The Labute approximate surface area is 167 Å². The van der Waals surface area contributed by atoms with Gasteiger partial charge in [-0.1, -0.05) is 35.9 Å². The van der Waals surface area contributed by atoms with Crippen LogP contribution in [0.4, 0.5) is 5.69 Å². The Hall–Kier alpha value is -2.18. The van der Waals surface area contributed by atoms with E-state index in [0.29, 0.717) is 30.8 Å². The zero-order valence-corrected chi connectivity index (χ0v) is 17.8. The maximum Gasteiger partial charge on any atom is 0.243 e. The highest BCUT2D eigenvalue weighted by Gasteiger charge is 2.33. The number of amides is 1. The van der Waals surface area contributed by atoms with Gasteiger partial charge in [0.25, 0.3) is 0 Å². The minimum Gasteiger partial charge on any atom is -0.325 e. The Balaban J connectivity index is 1.68. The number of nitrogens with zero attached hydrogens (tertiary/aromatic N) is 1. The topological polar surface area (TPSA) is 66.5 Å². The van der Waals surface area contributed by atoms with Crippen LogP contribution < -0.4 is 5.32 Å². The molecule has 0 aromatic heterocycles. The third-order valence-electron chi connectivity index (χ3n) is 5.50. The second kappa shape index (κ2) is 8.05. The van der Waals surface area contributed by atoms with E-state index in [1.165, 1.54) is 4.31 Å². The molecule has 150 valence electrons. The first-order chi connectivity index (χ1) is 13.2. The summed E-state index contributed by atoms with van der Waals surface area (Å²) >= 11 is 0. The average molecular weight is 401 g/mol.